The molecule has 1 aliphatic rings. The fourth-order valence-electron chi connectivity index (χ4n) is 1.94. The van der Waals surface area contributed by atoms with Gasteiger partial charge in [-0.1, -0.05) is 0 Å². The van der Waals surface area contributed by atoms with E-state index in [0.29, 0.717) is 6.42 Å². The van der Waals surface area contributed by atoms with Gasteiger partial charge in [0.05, 0.1) is 0 Å². The molecule has 17 heavy (non-hydrogen) atoms. The van der Waals surface area contributed by atoms with Gasteiger partial charge in [0.15, 0.2) is 0 Å². The summed E-state index contributed by atoms with van der Waals surface area (Å²) >= 11 is 0. The fourth-order valence-corrected chi connectivity index (χ4v) is 1.94. The zero-order valence-corrected chi connectivity index (χ0v) is 10.1. The maximum absolute atomic E-state index is 11.2. The molecule has 0 aliphatic carbocycles. The SMILES string of the molecule is CC(N)CCNc1ccc2c(c1)CCC(=O)N2. The molecule has 1 aliphatic heterocycles. The molecule has 1 heterocycles. The van der Waals surface area contributed by atoms with E-state index in [0.717, 1.165) is 30.8 Å². The first-order valence-electron chi connectivity index (χ1n) is 6.07. The van der Waals surface area contributed by atoms with Gasteiger partial charge in [0.2, 0.25) is 5.91 Å². The summed E-state index contributed by atoms with van der Waals surface area (Å²) in [5, 5.41) is 6.22. The van der Waals surface area contributed by atoms with Crippen LogP contribution >= 0.6 is 0 Å². The number of nitrogens with two attached hydrogens (primary N) is 1. The van der Waals surface area contributed by atoms with E-state index >= 15 is 0 Å². The molecule has 4 N–H and O–H groups in total. The van der Waals surface area contributed by atoms with Crippen molar-refractivity contribution < 1.29 is 4.79 Å². The Morgan fingerprint density at radius 2 is 2.29 bits per heavy atom. The number of carbonyl (C=O) groups is 1. The molecule has 0 saturated heterocycles. The summed E-state index contributed by atoms with van der Waals surface area (Å²) in [4.78, 5) is 11.2. The first-order chi connectivity index (χ1) is 8.15. The summed E-state index contributed by atoms with van der Waals surface area (Å²) in [6.07, 6.45) is 2.36. The van der Waals surface area contributed by atoms with Gasteiger partial charge in [0.25, 0.3) is 0 Å². The Kier molecular flexibility index (Phi) is 3.64. The number of hydrogen-bond donors (Lipinski definition) is 3. The quantitative estimate of drug-likeness (QED) is 0.741. The summed E-state index contributed by atoms with van der Waals surface area (Å²) in [5.74, 6) is 0.107. The average Bonchev–Trinajstić information content (AvgIpc) is 2.29. The van der Waals surface area contributed by atoms with Gasteiger partial charge in [0, 0.05) is 30.4 Å². The van der Waals surface area contributed by atoms with Gasteiger partial charge in [0.1, 0.15) is 0 Å². The second kappa shape index (κ2) is 5.19. The van der Waals surface area contributed by atoms with E-state index in [2.05, 4.69) is 16.7 Å². The number of amides is 1. The van der Waals surface area contributed by atoms with Crippen molar-refractivity contribution in [2.24, 2.45) is 5.73 Å². The fraction of sp³-hybridized carbons (Fsp3) is 0.462. The molecular weight excluding hydrogens is 214 g/mol. The summed E-state index contributed by atoms with van der Waals surface area (Å²) in [7, 11) is 0. The van der Waals surface area contributed by atoms with Crippen molar-refractivity contribution in [2.45, 2.75) is 32.2 Å². The van der Waals surface area contributed by atoms with Crippen LogP contribution in [0.25, 0.3) is 0 Å². The number of carbonyl (C=O) groups excluding carboxylic acids is 1. The van der Waals surface area contributed by atoms with Gasteiger partial charge in [-0.15, -0.1) is 0 Å². The number of rotatable bonds is 4. The van der Waals surface area contributed by atoms with Crippen LogP contribution in [-0.4, -0.2) is 18.5 Å². The number of nitrogens with one attached hydrogen (secondary N) is 2. The van der Waals surface area contributed by atoms with Gasteiger partial charge in [-0.25, -0.2) is 0 Å². The van der Waals surface area contributed by atoms with Crippen LogP contribution in [0.2, 0.25) is 0 Å². The topological polar surface area (TPSA) is 67.1 Å². The lowest BCUT2D eigenvalue weighted by molar-refractivity contribution is -0.116. The second-order valence-corrected chi connectivity index (χ2v) is 4.61. The van der Waals surface area contributed by atoms with E-state index in [1.54, 1.807) is 0 Å². The van der Waals surface area contributed by atoms with Gasteiger partial charge in [-0.2, -0.15) is 0 Å². The minimum absolute atomic E-state index is 0.107. The van der Waals surface area contributed by atoms with Crippen molar-refractivity contribution in [1.82, 2.24) is 0 Å². The van der Waals surface area contributed by atoms with Crippen molar-refractivity contribution in [3.8, 4) is 0 Å². The molecule has 4 heteroatoms. The van der Waals surface area contributed by atoms with Crippen molar-refractivity contribution in [2.75, 3.05) is 17.2 Å². The average molecular weight is 233 g/mol. The third-order valence-electron chi connectivity index (χ3n) is 2.93. The molecule has 0 radical (unpaired) electrons. The maximum atomic E-state index is 11.2. The molecule has 1 atom stereocenters. The van der Waals surface area contributed by atoms with Gasteiger partial charge in [-0.3, -0.25) is 4.79 Å². The molecule has 0 saturated carbocycles. The normalized spacial score (nSPS) is 16.0. The van der Waals surface area contributed by atoms with Crippen LogP contribution in [-0.2, 0) is 11.2 Å². The monoisotopic (exact) mass is 233 g/mol. The third kappa shape index (κ3) is 3.20. The third-order valence-corrected chi connectivity index (χ3v) is 2.93. The minimum atomic E-state index is 0.107. The van der Waals surface area contributed by atoms with Crippen LogP contribution in [0.5, 0.6) is 0 Å². The predicted octanol–water partition coefficient (Wildman–Crippen LogP) is 1.72. The number of hydrogen-bond acceptors (Lipinski definition) is 3. The molecule has 4 nitrogen and oxygen atoms in total. The van der Waals surface area contributed by atoms with E-state index in [4.69, 9.17) is 5.73 Å². The second-order valence-electron chi connectivity index (χ2n) is 4.61. The standard InChI is InChI=1S/C13H19N3O/c1-9(14)6-7-15-11-3-4-12-10(8-11)2-5-13(17)16-12/h3-4,8-9,15H,2,5-7,14H2,1H3,(H,16,17). The van der Waals surface area contributed by atoms with Crippen molar-refractivity contribution >= 4 is 17.3 Å². The van der Waals surface area contributed by atoms with E-state index < -0.39 is 0 Å². The zero-order valence-electron chi connectivity index (χ0n) is 10.1. The van der Waals surface area contributed by atoms with Crippen LogP contribution in [0.3, 0.4) is 0 Å². The number of benzene rings is 1. The van der Waals surface area contributed by atoms with Gasteiger partial charge in [-0.05, 0) is 43.5 Å². The van der Waals surface area contributed by atoms with E-state index in [1.165, 1.54) is 5.56 Å². The highest BCUT2D eigenvalue weighted by atomic mass is 16.1. The summed E-state index contributed by atoms with van der Waals surface area (Å²) in [5.41, 5.74) is 8.94. The van der Waals surface area contributed by atoms with Crippen molar-refractivity contribution in [1.29, 1.82) is 0 Å². The first-order valence-corrected chi connectivity index (χ1v) is 6.07. The first kappa shape index (κ1) is 11.9. The van der Waals surface area contributed by atoms with Crippen LogP contribution in [0.15, 0.2) is 18.2 Å². The smallest absolute Gasteiger partial charge is 0.224 e. The molecule has 0 spiro atoms. The largest absolute Gasteiger partial charge is 0.385 e. The lowest BCUT2D eigenvalue weighted by Crippen LogP contribution is -2.20. The van der Waals surface area contributed by atoms with E-state index in [1.807, 2.05) is 19.1 Å². The molecule has 1 aromatic rings. The van der Waals surface area contributed by atoms with Crippen LogP contribution in [0.4, 0.5) is 11.4 Å². The minimum Gasteiger partial charge on any atom is -0.385 e. The van der Waals surface area contributed by atoms with Crippen molar-refractivity contribution in [3.05, 3.63) is 23.8 Å². The molecule has 1 amide bonds. The molecule has 1 aromatic carbocycles. The van der Waals surface area contributed by atoms with E-state index in [-0.39, 0.29) is 11.9 Å². The summed E-state index contributed by atoms with van der Waals surface area (Å²) in [6.45, 7) is 2.88. The van der Waals surface area contributed by atoms with Crippen LogP contribution in [0.1, 0.15) is 25.3 Å². The Labute approximate surface area is 102 Å². The predicted molar refractivity (Wildman–Crippen MR) is 70.1 cm³/mol. The number of aryl methyl sites for hydroxylation is 1. The Hall–Kier alpha value is -1.55. The number of anilines is 2. The summed E-state index contributed by atoms with van der Waals surface area (Å²) in [6, 6.07) is 6.28. The molecular formula is C13H19N3O. The van der Waals surface area contributed by atoms with Gasteiger partial charge < -0.3 is 16.4 Å². The zero-order chi connectivity index (χ0) is 12.3. The lowest BCUT2D eigenvalue weighted by atomic mass is 10.0. The summed E-state index contributed by atoms with van der Waals surface area (Å²) < 4.78 is 0. The Morgan fingerprint density at radius 1 is 1.47 bits per heavy atom. The van der Waals surface area contributed by atoms with Crippen molar-refractivity contribution in [3.63, 3.8) is 0 Å². The molecule has 0 aromatic heterocycles. The molecule has 2 rings (SSSR count). The molecule has 1 unspecified atom stereocenters. The molecule has 0 bridgehead atoms. The number of fused-ring (bicyclic) bond motifs is 1. The Balaban J connectivity index is 1.99. The Bertz CT molecular complexity index is 415. The van der Waals surface area contributed by atoms with E-state index in [9.17, 15) is 4.79 Å². The highest BCUT2D eigenvalue weighted by Gasteiger charge is 2.14. The molecule has 92 valence electrons. The van der Waals surface area contributed by atoms with Gasteiger partial charge >= 0.3 is 0 Å². The molecule has 0 fully saturated rings. The lowest BCUT2D eigenvalue weighted by Gasteiger charge is -2.18. The van der Waals surface area contributed by atoms with Crippen LogP contribution < -0.4 is 16.4 Å². The maximum Gasteiger partial charge on any atom is 0.224 e. The Morgan fingerprint density at radius 3 is 3.06 bits per heavy atom. The highest BCUT2D eigenvalue weighted by molar-refractivity contribution is 5.94. The van der Waals surface area contributed by atoms with Crippen LogP contribution in [0, 0.1) is 0 Å². The highest BCUT2D eigenvalue weighted by Crippen LogP contribution is 2.25.